The molecule has 1 aliphatic carbocycles. The first kappa shape index (κ1) is 13.8. The molecule has 0 aromatic rings. The van der Waals surface area contributed by atoms with Crippen LogP contribution >= 0.6 is 11.6 Å². The van der Waals surface area contributed by atoms with Crippen LogP contribution in [-0.4, -0.2) is 17.8 Å². The summed E-state index contributed by atoms with van der Waals surface area (Å²) in [5.41, 5.74) is 0. The van der Waals surface area contributed by atoms with Crippen LogP contribution in [0.4, 0.5) is 0 Å². The van der Waals surface area contributed by atoms with Gasteiger partial charge in [-0.1, -0.05) is 33.1 Å². The van der Waals surface area contributed by atoms with Gasteiger partial charge >= 0.3 is 0 Å². The van der Waals surface area contributed by atoms with Crippen LogP contribution < -0.4 is 5.32 Å². The average molecular weight is 246 g/mol. The van der Waals surface area contributed by atoms with Crippen LogP contribution in [0.5, 0.6) is 0 Å². The van der Waals surface area contributed by atoms with Gasteiger partial charge in [-0.25, -0.2) is 0 Å². The molecule has 0 spiro atoms. The number of alkyl halides is 1. The molecular formula is C13H24ClNO. The third kappa shape index (κ3) is 5.20. The molecule has 16 heavy (non-hydrogen) atoms. The molecule has 1 amide bonds. The minimum atomic E-state index is 0.0512. The predicted molar refractivity (Wildman–Crippen MR) is 68.7 cm³/mol. The summed E-state index contributed by atoms with van der Waals surface area (Å²) in [7, 11) is 0. The van der Waals surface area contributed by atoms with Crippen LogP contribution in [0.25, 0.3) is 0 Å². The number of halogens is 1. The van der Waals surface area contributed by atoms with Gasteiger partial charge in [-0.2, -0.15) is 0 Å². The Balaban J connectivity index is 2.14. The number of hydrogen-bond acceptors (Lipinski definition) is 1. The highest BCUT2D eigenvalue weighted by Gasteiger charge is 2.17. The second-order valence-electron chi connectivity index (χ2n) is 5.27. The van der Waals surface area contributed by atoms with E-state index < -0.39 is 0 Å². The Bertz CT molecular complexity index is 212. The van der Waals surface area contributed by atoms with E-state index >= 15 is 0 Å². The van der Waals surface area contributed by atoms with Gasteiger partial charge in [-0.3, -0.25) is 4.79 Å². The van der Waals surface area contributed by atoms with Gasteiger partial charge in [0.15, 0.2) is 0 Å². The highest BCUT2D eigenvalue weighted by Crippen LogP contribution is 2.26. The van der Waals surface area contributed by atoms with Gasteiger partial charge in [-0.05, 0) is 24.7 Å². The smallest absolute Gasteiger partial charge is 0.220 e. The van der Waals surface area contributed by atoms with E-state index in [0.29, 0.717) is 24.8 Å². The molecule has 0 aromatic heterocycles. The molecule has 1 atom stereocenters. The predicted octanol–water partition coefficient (Wildman–Crippen LogP) is 3.34. The molecule has 0 aliphatic heterocycles. The lowest BCUT2D eigenvalue weighted by Gasteiger charge is -2.21. The zero-order chi connectivity index (χ0) is 12.0. The standard InChI is InChI=1S/C13H24ClNO/c1-10(2)12(14)9-15-13(16)8-11-6-4-3-5-7-11/h10-12H,3-9H2,1-2H3,(H,15,16). The summed E-state index contributed by atoms with van der Waals surface area (Å²) >= 11 is 6.09. The summed E-state index contributed by atoms with van der Waals surface area (Å²) in [6, 6.07) is 0. The Morgan fingerprint density at radius 2 is 1.94 bits per heavy atom. The molecule has 0 heterocycles. The van der Waals surface area contributed by atoms with Crippen molar-refractivity contribution in [2.24, 2.45) is 11.8 Å². The van der Waals surface area contributed by atoms with E-state index in [1.807, 2.05) is 0 Å². The first-order chi connectivity index (χ1) is 7.59. The summed E-state index contributed by atoms with van der Waals surface area (Å²) < 4.78 is 0. The summed E-state index contributed by atoms with van der Waals surface area (Å²) in [5.74, 6) is 1.21. The largest absolute Gasteiger partial charge is 0.355 e. The number of carbonyl (C=O) groups excluding carboxylic acids is 1. The summed E-state index contributed by atoms with van der Waals surface area (Å²) in [5, 5.41) is 2.99. The third-order valence-electron chi connectivity index (χ3n) is 3.42. The van der Waals surface area contributed by atoms with Crippen molar-refractivity contribution < 1.29 is 4.79 Å². The number of rotatable bonds is 5. The van der Waals surface area contributed by atoms with Gasteiger partial charge in [0.05, 0.1) is 5.38 Å². The van der Waals surface area contributed by atoms with E-state index in [0.717, 1.165) is 0 Å². The summed E-state index contributed by atoms with van der Waals surface area (Å²) in [6.45, 7) is 4.75. The van der Waals surface area contributed by atoms with Crippen LogP contribution in [0, 0.1) is 11.8 Å². The second kappa shape index (κ2) is 7.16. The van der Waals surface area contributed by atoms with E-state index in [2.05, 4.69) is 19.2 Å². The molecule has 0 aromatic carbocycles. The molecule has 1 saturated carbocycles. The maximum absolute atomic E-state index is 11.7. The Kier molecular flexibility index (Phi) is 6.18. The average Bonchev–Trinajstić information content (AvgIpc) is 2.27. The number of carbonyl (C=O) groups is 1. The topological polar surface area (TPSA) is 29.1 Å². The van der Waals surface area contributed by atoms with Gasteiger partial charge in [-0.15, -0.1) is 11.6 Å². The first-order valence-corrected chi connectivity index (χ1v) is 6.94. The molecule has 3 heteroatoms. The van der Waals surface area contributed by atoms with Gasteiger partial charge in [0.25, 0.3) is 0 Å². The molecule has 1 rings (SSSR count). The second-order valence-corrected chi connectivity index (χ2v) is 5.83. The third-order valence-corrected chi connectivity index (χ3v) is 4.07. The van der Waals surface area contributed by atoms with Gasteiger partial charge in [0, 0.05) is 13.0 Å². The summed E-state index contributed by atoms with van der Waals surface area (Å²) in [4.78, 5) is 11.7. The van der Waals surface area contributed by atoms with Crippen molar-refractivity contribution in [3.63, 3.8) is 0 Å². The molecule has 0 radical (unpaired) electrons. The zero-order valence-corrected chi connectivity index (χ0v) is 11.2. The minimum absolute atomic E-state index is 0.0512. The maximum atomic E-state index is 11.7. The fraction of sp³-hybridized carbons (Fsp3) is 0.923. The maximum Gasteiger partial charge on any atom is 0.220 e. The lowest BCUT2D eigenvalue weighted by molar-refractivity contribution is -0.122. The highest BCUT2D eigenvalue weighted by atomic mass is 35.5. The normalized spacial score (nSPS) is 19.8. The van der Waals surface area contributed by atoms with Crippen molar-refractivity contribution in [2.75, 3.05) is 6.54 Å². The van der Waals surface area contributed by atoms with Gasteiger partial charge in [0.2, 0.25) is 5.91 Å². The van der Waals surface area contributed by atoms with Crippen molar-refractivity contribution in [3.8, 4) is 0 Å². The van der Waals surface area contributed by atoms with E-state index in [1.165, 1.54) is 32.1 Å². The van der Waals surface area contributed by atoms with E-state index in [9.17, 15) is 4.79 Å². The molecule has 2 nitrogen and oxygen atoms in total. The van der Waals surface area contributed by atoms with E-state index in [4.69, 9.17) is 11.6 Å². The molecule has 0 saturated heterocycles. The molecule has 0 bridgehead atoms. The fourth-order valence-electron chi connectivity index (χ4n) is 2.17. The molecule has 1 N–H and O–H groups in total. The van der Waals surface area contributed by atoms with E-state index in [-0.39, 0.29) is 11.3 Å². The van der Waals surface area contributed by atoms with E-state index in [1.54, 1.807) is 0 Å². The fourth-order valence-corrected chi connectivity index (χ4v) is 2.25. The molecule has 1 fully saturated rings. The van der Waals surface area contributed by atoms with Crippen molar-refractivity contribution in [1.82, 2.24) is 5.32 Å². The number of nitrogens with one attached hydrogen (secondary N) is 1. The van der Waals surface area contributed by atoms with Crippen LogP contribution in [0.15, 0.2) is 0 Å². The van der Waals surface area contributed by atoms with Crippen LogP contribution in [0.1, 0.15) is 52.4 Å². The van der Waals surface area contributed by atoms with Crippen molar-refractivity contribution in [3.05, 3.63) is 0 Å². The SMILES string of the molecule is CC(C)C(Cl)CNC(=O)CC1CCCCC1. The van der Waals surface area contributed by atoms with Crippen molar-refractivity contribution >= 4 is 17.5 Å². The van der Waals surface area contributed by atoms with Crippen LogP contribution in [0.3, 0.4) is 0 Å². The summed E-state index contributed by atoms with van der Waals surface area (Å²) in [6.07, 6.45) is 7.07. The molecular weight excluding hydrogens is 222 g/mol. The van der Waals surface area contributed by atoms with Gasteiger partial charge < -0.3 is 5.32 Å². The lowest BCUT2D eigenvalue weighted by Crippen LogP contribution is -2.33. The Morgan fingerprint density at radius 3 is 2.50 bits per heavy atom. The van der Waals surface area contributed by atoms with Crippen LogP contribution in [-0.2, 0) is 4.79 Å². The number of amides is 1. The first-order valence-electron chi connectivity index (χ1n) is 6.50. The number of hydrogen-bond donors (Lipinski definition) is 1. The molecule has 1 unspecified atom stereocenters. The quantitative estimate of drug-likeness (QED) is 0.740. The van der Waals surface area contributed by atoms with Gasteiger partial charge in [0.1, 0.15) is 0 Å². The monoisotopic (exact) mass is 245 g/mol. The van der Waals surface area contributed by atoms with Crippen LogP contribution in [0.2, 0.25) is 0 Å². The highest BCUT2D eigenvalue weighted by molar-refractivity contribution is 6.21. The lowest BCUT2D eigenvalue weighted by atomic mass is 9.87. The van der Waals surface area contributed by atoms with Crippen molar-refractivity contribution in [2.45, 2.75) is 57.7 Å². The zero-order valence-electron chi connectivity index (χ0n) is 10.5. The Morgan fingerprint density at radius 1 is 1.31 bits per heavy atom. The molecule has 94 valence electrons. The van der Waals surface area contributed by atoms with Crippen molar-refractivity contribution in [1.29, 1.82) is 0 Å². The Labute approximate surface area is 104 Å². The Hall–Kier alpha value is -0.240. The molecule has 1 aliphatic rings. The minimum Gasteiger partial charge on any atom is -0.355 e.